The Labute approximate surface area is 73.5 Å². The van der Waals surface area contributed by atoms with Gasteiger partial charge in [-0.25, -0.2) is 0 Å². The van der Waals surface area contributed by atoms with Gasteiger partial charge in [-0.05, 0) is 6.42 Å². The molecule has 0 saturated carbocycles. The van der Waals surface area contributed by atoms with Crippen LogP contribution in [0.15, 0.2) is 0 Å². The van der Waals surface area contributed by atoms with E-state index in [1.165, 1.54) is 0 Å². The first-order chi connectivity index (χ1) is 5.70. The molecule has 0 spiro atoms. The number of nitrogens with one attached hydrogen (secondary N) is 1. The van der Waals surface area contributed by atoms with Gasteiger partial charge >= 0.3 is 0 Å². The summed E-state index contributed by atoms with van der Waals surface area (Å²) in [4.78, 5) is 10.4. The van der Waals surface area contributed by atoms with Crippen LogP contribution >= 0.6 is 0 Å². The fourth-order valence-corrected chi connectivity index (χ4v) is 1.04. The predicted octanol–water partition coefficient (Wildman–Crippen LogP) is -0.124. The highest BCUT2D eigenvalue weighted by Crippen LogP contribution is 1.95. The van der Waals surface area contributed by atoms with Crippen LogP contribution in [0.4, 0.5) is 0 Å². The maximum atomic E-state index is 10.4. The average molecular weight is 174 g/mol. The summed E-state index contributed by atoms with van der Waals surface area (Å²) in [6, 6.07) is 0.243. The summed E-state index contributed by atoms with van der Waals surface area (Å²) in [6.45, 7) is 2.95. The molecule has 0 radical (unpaired) electrons. The molecule has 0 rings (SSSR count). The standard InChI is InChI=1S/C8H18N2O2/c1-3-4-7(6-12-2)10-5-8(9)11/h7,10H,3-6H2,1-2H3,(H2,9,11). The zero-order chi connectivity index (χ0) is 9.40. The number of ether oxygens (including phenoxy) is 1. The van der Waals surface area contributed by atoms with Gasteiger partial charge < -0.3 is 15.8 Å². The van der Waals surface area contributed by atoms with Crippen LogP contribution < -0.4 is 11.1 Å². The molecular weight excluding hydrogens is 156 g/mol. The number of carbonyl (C=O) groups excluding carboxylic acids is 1. The third-order valence-electron chi connectivity index (χ3n) is 1.57. The molecule has 1 unspecified atom stereocenters. The molecular formula is C8H18N2O2. The topological polar surface area (TPSA) is 64.3 Å². The Morgan fingerprint density at radius 1 is 1.67 bits per heavy atom. The Morgan fingerprint density at radius 3 is 2.75 bits per heavy atom. The highest BCUT2D eigenvalue weighted by Gasteiger charge is 2.06. The van der Waals surface area contributed by atoms with E-state index in [1.807, 2.05) is 0 Å². The molecule has 0 saturated heterocycles. The molecule has 12 heavy (non-hydrogen) atoms. The van der Waals surface area contributed by atoms with Crippen molar-refractivity contribution in [2.75, 3.05) is 20.3 Å². The normalized spacial score (nSPS) is 12.8. The fraction of sp³-hybridized carbons (Fsp3) is 0.875. The van der Waals surface area contributed by atoms with E-state index >= 15 is 0 Å². The van der Waals surface area contributed by atoms with Crippen molar-refractivity contribution in [2.24, 2.45) is 5.73 Å². The zero-order valence-electron chi connectivity index (χ0n) is 7.80. The second kappa shape index (κ2) is 7.06. The monoisotopic (exact) mass is 174 g/mol. The first kappa shape index (κ1) is 11.4. The van der Waals surface area contributed by atoms with Crippen molar-refractivity contribution >= 4 is 5.91 Å². The van der Waals surface area contributed by atoms with E-state index in [0.717, 1.165) is 12.8 Å². The lowest BCUT2D eigenvalue weighted by Crippen LogP contribution is -2.39. The lowest BCUT2D eigenvalue weighted by molar-refractivity contribution is -0.117. The Hall–Kier alpha value is -0.610. The van der Waals surface area contributed by atoms with Crippen LogP contribution in [0.25, 0.3) is 0 Å². The molecule has 0 fully saturated rings. The number of hydrogen-bond donors (Lipinski definition) is 2. The van der Waals surface area contributed by atoms with Crippen molar-refractivity contribution in [1.29, 1.82) is 0 Å². The van der Waals surface area contributed by atoms with Crippen molar-refractivity contribution in [3.05, 3.63) is 0 Å². The number of nitrogens with two attached hydrogens (primary N) is 1. The largest absolute Gasteiger partial charge is 0.383 e. The SMILES string of the molecule is CCCC(COC)NCC(N)=O. The highest BCUT2D eigenvalue weighted by molar-refractivity contribution is 5.75. The quantitative estimate of drug-likeness (QED) is 0.565. The molecule has 72 valence electrons. The van der Waals surface area contributed by atoms with Gasteiger partial charge in [-0.2, -0.15) is 0 Å². The molecule has 0 aromatic carbocycles. The number of hydrogen-bond acceptors (Lipinski definition) is 3. The predicted molar refractivity (Wildman–Crippen MR) is 47.8 cm³/mol. The summed E-state index contributed by atoms with van der Waals surface area (Å²) in [5, 5.41) is 3.02. The van der Waals surface area contributed by atoms with Crippen LogP contribution in [0, 0.1) is 0 Å². The molecule has 0 aliphatic carbocycles. The summed E-state index contributed by atoms with van der Waals surface area (Å²) in [6.07, 6.45) is 2.07. The van der Waals surface area contributed by atoms with Gasteiger partial charge in [0.25, 0.3) is 0 Å². The summed E-state index contributed by atoms with van der Waals surface area (Å²) in [5.41, 5.74) is 4.99. The maximum Gasteiger partial charge on any atom is 0.231 e. The van der Waals surface area contributed by atoms with Crippen molar-refractivity contribution in [3.63, 3.8) is 0 Å². The van der Waals surface area contributed by atoms with E-state index < -0.39 is 0 Å². The first-order valence-electron chi connectivity index (χ1n) is 4.21. The molecule has 0 bridgehead atoms. The van der Waals surface area contributed by atoms with Crippen molar-refractivity contribution in [1.82, 2.24) is 5.32 Å². The minimum Gasteiger partial charge on any atom is -0.383 e. The zero-order valence-corrected chi connectivity index (χ0v) is 7.80. The molecule has 1 atom stereocenters. The summed E-state index contributed by atoms with van der Waals surface area (Å²) in [7, 11) is 1.65. The summed E-state index contributed by atoms with van der Waals surface area (Å²) < 4.78 is 4.97. The van der Waals surface area contributed by atoms with Crippen LogP contribution in [0.1, 0.15) is 19.8 Å². The number of rotatable bonds is 7. The summed E-state index contributed by atoms with van der Waals surface area (Å²) >= 11 is 0. The lowest BCUT2D eigenvalue weighted by atomic mass is 10.2. The molecule has 1 amide bonds. The summed E-state index contributed by atoms with van der Waals surface area (Å²) in [5.74, 6) is -0.327. The number of amides is 1. The van der Waals surface area contributed by atoms with Gasteiger partial charge in [0.2, 0.25) is 5.91 Å². The van der Waals surface area contributed by atoms with Gasteiger partial charge in [0.05, 0.1) is 13.2 Å². The maximum absolute atomic E-state index is 10.4. The average Bonchev–Trinajstić information content (AvgIpc) is 2.01. The third kappa shape index (κ3) is 6.12. The Morgan fingerprint density at radius 2 is 2.33 bits per heavy atom. The molecule has 4 heteroatoms. The molecule has 0 aliphatic heterocycles. The lowest BCUT2D eigenvalue weighted by Gasteiger charge is -2.15. The van der Waals surface area contributed by atoms with Gasteiger partial charge in [0, 0.05) is 13.2 Å². The van der Waals surface area contributed by atoms with Crippen molar-refractivity contribution in [3.8, 4) is 0 Å². The van der Waals surface area contributed by atoms with Crippen LogP contribution in [-0.4, -0.2) is 32.2 Å². The van der Waals surface area contributed by atoms with Crippen LogP contribution in [0.2, 0.25) is 0 Å². The molecule has 0 aliphatic rings. The molecule has 0 aromatic heterocycles. The first-order valence-corrected chi connectivity index (χ1v) is 4.21. The number of primary amides is 1. The molecule has 0 heterocycles. The van der Waals surface area contributed by atoms with Gasteiger partial charge in [0.15, 0.2) is 0 Å². The smallest absolute Gasteiger partial charge is 0.231 e. The molecule has 3 N–H and O–H groups in total. The van der Waals surface area contributed by atoms with Crippen molar-refractivity contribution < 1.29 is 9.53 Å². The van der Waals surface area contributed by atoms with E-state index in [0.29, 0.717) is 6.61 Å². The van der Waals surface area contributed by atoms with Crippen molar-refractivity contribution in [2.45, 2.75) is 25.8 Å². The molecule has 0 aromatic rings. The van der Waals surface area contributed by atoms with E-state index in [2.05, 4.69) is 12.2 Å². The second-order valence-electron chi connectivity index (χ2n) is 2.79. The van der Waals surface area contributed by atoms with E-state index in [9.17, 15) is 4.79 Å². The number of carbonyl (C=O) groups is 1. The minimum atomic E-state index is -0.327. The Kier molecular flexibility index (Phi) is 6.70. The third-order valence-corrected chi connectivity index (χ3v) is 1.57. The minimum absolute atomic E-state index is 0.230. The Bertz CT molecular complexity index is 122. The Balaban J connectivity index is 3.54. The van der Waals surface area contributed by atoms with Crippen LogP contribution in [0.3, 0.4) is 0 Å². The highest BCUT2D eigenvalue weighted by atomic mass is 16.5. The van der Waals surface area contributed by atoms with E-state index in [1.54, 1.807) is 7.11 Å². The fourth-order valence-electron chi connectivity index (χ4n) is 1.04. The van der Waals surface area contributed by atoms with Gasteiger partial charge in [-0.1, -0.05) is 13.3 Å². The van der Waals surface area contributed by atoms with Gasteiger partial charge in [-0.3, -0.25) is 4.79 Å². The van der Waals surface area contributed by atoms with E-state index in [-0.39, 0.29) is 18.5 Å². The second-order valence-corrected chi connectivity index (χ2v) is 2.79. The molecule has 4 nitrogen and oxygen atoms in total. The van der Waals surface area contributed by atoms with Crippen LogP contribution in [-0.2, 0) is 9.53 Å². The van der Waals surface area contributed by atoms with Gasteiger partial charge in [-0.15, -0.1) is 0 Å². The van der Waals surface area contributed by atoms with Gasteiger partial charge in [0.1, 0.15) is 0 Å². The van der Waals surface area contributed by atoms with E-state index in [4.69, 9.17) is 10.5 Å². The number of methoxy groups -OCH3 is 1. The van der Waals surface area contributed by atoms with Crippen LogP contribution in [0.5, 0.6) is 0 Å².